The first kappa shape index (κ1) is 20.0. The summed E-state index contributed by atoms with van der Waals surface area (Å²) in [6, 6.07) is 11.0. The van der Waals surface area contributed by atoms with Crippen molar-refractivity contribution in [3.63, 3.8) is 0 Å². The van der Waals surface area contributed by atoms with Crippen molar-refractivity contribution < 1.29 is 23.8 Å². The number of carbonyl (C=O) groups is 2. The number of methoxy groups -OCH3 is 2. The molecule has 2 rings (SSSR count). The van der Waals surface area contributed by atoms with Gasteiger partial charge in [0.2, 0.25) is 0 Å². The number of benzene rings is 2. The van der Waals surface area contributed by atoms with Crippen LogP contribution in [-0.2, 0) is 14.3 Å². The summed E-state index contributed by atoms with van der Waals surface area (Å²) in [5.74, 6) is 0.156. The Morgan fingerprint density at radius 3 is 2.30 bits per heavy atom. The second-order valence-corrected chi connectivity index (χ2v) is 5.87. The van der Waals surface area contributed by atoms with Gasteiger partial charge in [0, 0.05) is 11.8 Å². The number of nitrogens with one attached hydrogen (secondary N) is 1. The molecule has 0 spiro atoms. The van der Waals surface area contributed by atoms with Gasteiger partial charge in [0.05, 0.1) is 14.2 Å². The predicted octanol–water partition coefficient (Wildman–Crippen LogP) is 3.52. The van der Waals surface area contributed by atoms with E-state index in [4.69, 9.17) is 14.2 Å². The number of para-hydroxylation sites is 1. The fourth-order valence-corrected chi connectivity index (χ4v) is 2.49. The van der Waals surface area contributed by atoms with E-state index in [1.165, 1.54) is 13.2 Å². The Balaban J connectivity index is 1.90. The zero-order valence-corrected chi connectivity index (χ0v) is 15.9. The molecule has 0 heterocycles. The maximum atomic E-state index is 12.0. The zero-order chi connectivity index (χ0) is 19.8. The van der Waals surface area contributed by atoms with Crippen LogP contribution in [0, 0.1) is 13.8 Å². The van der Waals surface area contributed by atoms with Crippen LogP contribution in [-0.4, -0.2) is 32.7 Å². The molecule has 0 aliphatic heterocycles. The molecule has 6 heteroatoms. The molecule has 6 nitrogen and oxygen atoms in total. The van der Waals surface area contributed by atoms with Crippen LogP contribution in [0.2, 0.25) is 0 Å². The summed E-state index contributed by atoms with van der Waals surface area (Å²) >= 11 is 0. The number of hydrogen-bond acceptors (Lipinski definition) is 5. The quantitative estimate of drug-likeness (QED) is 0.597. The van der Waals surface area contributed by atoms with Crippen LogP contribution < -0.4 is 14.8 Å². The lowest BCUT2D eigenvalue weighted by atomic mass is 10.1. The Hall–Kier alpha value is -3.28. The lowest BCUT2D eigenvalue weighted by molar-refractivity contribution is -0.142. The third-order valence-corrected chi connectivity index (χ3v) is 3.91. The number of amides is 1. The van der Waals surface area contributed by atoms with Crippen LogP contribution in [0.5, 0.6) is 11.5 Å². The molecule has 0 bridgehead atoms. The average molecular weight is 369 g/mol. The molecule has 0 saturated carbocycles. The molecular weight excluding hydrogens is 346 g/mol. The van der Waals surface area contributed by atoms with Crippen molar-refractivity contribution in [2.24, 2.45) is 0 Å². The summed E-state index contributed by atoms with van der Waals surface area (Å²) < 4.78 is 15.4. The number of rotatable bonds is 7. The van der Waals surface area contributed by atoms with E-state index >= 15 is 0 Å². The monoisotopic (exact) mass is 369 g/mol. The Bertz CT molecular complexity index is 837. The Morgan fingerprint density at radius 2 is 1.67 bits per heavy atom. The Kier molecular flexibility index (Phi) is 7.00. The summed E-state index contributed by atoms with van der Waals surface area (Å²) in [4.78, 5) is 23.8. The van der Waals surface area contributed by atoms with Gasteiger partial charge >= 0.3 is 5.97 Å². The number of ether oxygens (including phenoxy) is 3. The van der Waals surface area contributed by atoms with E-state index in [2.05, 4.69) is 5.32 Å². The largest absolute Gasteiger partial charge is 0.493 e. The third-order valence-electron chi connectivity index (χ3n) is 3.91. The average Bonchev–Trinajstić information content (AvgIpc) is 2.67. The SMILES string of the molecule is COc1ccc(C=CC(=O)OCC(=O)Nc2c(C)cccc2C)cc1OC. The molecule has 1 N–H and O–H groups in total. The maximum absolute atomic E-state index is 12.0. The highest BCUT2D eigenvalue weighted by Gasteiger charge is 2.09. The maximum Gasteiger partial charge on any atom is 0.331 e. The molecule has 27 heavy (non-hydrogen) atoms. The van der Waals surface area contributed by atoms with Crippen molar-refractivity contribution in [1.29, 1.82) is 0 Å². The standard InChI is InChI=1S/C21H23NO5/c1-14-6-5-7-15(2)21(14)22-19(23)13-27-20(24)11-9-16-8-10-17(25-3)18(12-16)26-4/h5-12H,13H2,1-4H3,(H,22,23). The van der Waals surface area contributed by atoms with E-state index in [9.17, 15) is 9.59 Å². The number of anilines is 1. The molecule has 2 aromatic rings. The highest BCUT2D eigenvalue weighted by atomic mass is 16.5. The van der Waals surface area contributed by atoms with Crippen molar-refractivity contribution in [2.45, 2.75) is 13.8 Å². The highest BCUT2D eigenvalue weighted by Crippen LogP contribution is 2.28. The van der Waals surface area contributed by atoms with Gasteiger partial charge in [0.1, 0.15) is 0 Å². The van der Waals surface area contributed by atoms with E-state index in [0.717, 1.165) is 22.4 Å². The minimum Gasteiger partial charge on any atom is -0.493 e. The van der Waals surface area contributed by atoms with E-state index in [-0.39, 0.29) is 12.5 Å². The highest BCUT2D eigenvalue weighted by molar-refractivity contribution is 5.95. The van der Waals surface area contributed by atoms with Gasteiger partial charge < -0.3 is 19.5 Å². The summed E-state index contributed by atoms with van der Waals surface area (Å²) in [6.07, 6.45) is 2.83. The number of aryl methyl sites for hydroxylation is 2. The molecule has 0 saturated heterocycles. The normalized spacial score (nSPS) is 10.5. The number of hydrogen-bond donors (Lipinski definition) is 1. The lowest BCUT2D eigenvalue weighted by Crippen LogP contribution is -2.21. The number of carbonyl (C=O) groups excluding carboxylic acids is 2. The minimum atomic E-state index is -0.610. The lowest BCUT2D eigenvalue weighted by Gasteiger charge is -2.11. The van der Waals surface area contributed by atoms with Gasteiger partial charge in [-0.2, -0.15) is 0 Å². The molecule has 0 aliphatic rings. The molecule has 2 aromatic carbocycles. The molecule has 0 fully saturated rings. The van der Waals surface area contributed by atoms with Crippen LogP contribution in [0.25, 0.3) is 6.08 Å². The van der Waals surface area contributed by atoms with Gasteiger partial charge in [0.15, 0.2) is 18.1 Å². The summed E-state index contributed by atoms with van der Waals surface area (Å²) in [6.45, 7) is 3.45. The van der Waals surface area contributed by atoms with E-state index in [1.807, 2.05) is 32.0 Å². The molecule has 142 valence electrons. The minimum absolute atomic E-state index is 0.358. The van der Waals surface area contributed by atoms with Gasteiger partial charge in [-0.25, -0.2) is 4.79 Å². The van der Waals surface area contributed by atoms with Gasteiger partial charge in [-0.15, -0.1) is 0 Å². The van der Waals surface area contributed by atoms with Crippen molar-refractivity contribution in [3.05, 3.63) is 59.2 Å². The van der Waals surface area contributed by atoms with E-state index in [1.54, 1.807) is 31.4 Å². The van der Waals surface area contributed by atoms with Gasteiger partial charge in [-0.05, 0) is 48.7 Å². The van der Waals surface area contributed by atoms with Crippen LogP contribution in [0.15, 0.2) is 42.5 Å². The van der Waals surface area contributed by atoms with Gasteiger partial charge in [-0.1, -0.05) is 24.3 Å². The second kappa shape index (κ2) is 9.43. The van der Waals surface area contributed by atoms with Crippen molar-refractivity contribution in [2.75, 3.05) is 26.1 Å². The second-order valence-electron chi connectivity index (χ2n) is 5.87. The summed E-state index contributed by atoms with van der Waals surface area (Å²) in [5, 5.41) is 2.76. The molecule has 0 atom stereocenters. The predicted molar refractivity (Wildman–Crippen MR) is 104 cm³/mol. The first-order valence-electron chi connectivity index (χ1n) is 8.37. The smallest absolute Gasteiger partial charge is 0.331 e. The Morgan fingerprint density at radius 1 is 1.00 bits per heavy atom. The first-order valence-corrected chi connectivity index (χ1v) is 8.37. The molecule has 0 aromatic heterocycles. The van der Waals surface area contributed by atoms with E-state index < -0.39 is 5.97 Å². The fraction of sp³-hybridized carbons (Fsp3) is 0.238. The Labute approximate surface area is 158 Å². The first-order chi connectivity index (χ1) is 12.9. The number of esters is 1. The van der Waals surface area contributed by atoms with Crippen LogP contribution in [0.4, 0.5) is 5.69 Å². The molecule has 0 unspecified atom stereocenters. The fourth-order valence-electron chi connectivity index (χ4n) is 2.49. The molecular formula is C21H23NO5. The van der Waals surface area contributed by atoms with Crippen molar-refractivity contribution in [3.8, 4) is 11.5 Å². The summed E-state index contributed by atoms with van der Waals surface area (Å²) in [5.41, 5.74) is 3.37. The van der Waals surface area contributed by atoms with Crippen molar-refractivity contribution in [1.82, 2.24) is 0 Å². The molecule has 1 amide bonds. The summed E-state index contributed by atoms with van der Waals surface area (Å²) in [7, 11) is 3.09. The topological polar surface area (TPSA) is 73.9 Å². The molecule has 0 aliphatic carbocycles. The van der Waals surface area contributed by atoms with Gasteiger partial charge in [0.25, 0.3) is 5.91 Å². The van der Waals surface area contributed by atoms with Gasteiger partial charge in [-0.3, -0.25) is 4.79 Å². The van der Waals surface area contributed by atoms with Crippen molar-refractivity contribution >= 4 is 23.6 Å². The van der Waals surface area contributed by atoms with Crippen LogP contribution in [0.3, 0.4) is 0 Å². The van der Waals surface area contributed by atoms with Crippen LogP contribution >= 0.6 is 0 Å². The van der Waals surface area contributed by atoms with Crippen LogP contribution in [0.1, 0.15) is 16.7 Å². The molecule has 0 radical (unpaired) electrons. The van der Waals surface area contributed by atoms with E-state index in [0.29, 0.717) is 11.5 Å². The third kappa shape index (κ3) is 5.60. The zero-order valence-electron chi connectivity index (χ0n) is 15.9.